The molecule has 2 aromatic rings. The van der Waals surface area contributed by atoms with Gasteiger partial charge in [0.1, 0.15) is 17.0 Å². The Bertz CT molecular complexity index is 595. The highest BCUT2D eigenvalue weighted by Gasteiger charge is 2.11. The predicted molar refractivity (Wildman–Crippen MR) is 69.9 cm³/mol. The quantitative estimate of drug-likeness (QED) is 0.858. The summed E-state index contributed by atoms with van der Waals surface area (Å²) in [5, 5.41) is 10.2. The van der Waals surface area contributed by atoms with Crippen molar-refractivity contribution >= 4 is 34.1 Å². The van der Waals surface area contributed by atoms with Gasteiger partial charge in [-0.1, -0.05) is 11.3 Å². The van der Waals surface area contributed by atoms with E-state index in [0.29, 0.717) is 16.7 Å². The Labute approximate surface area is 110 Å². The first-order valence-electron chi connectivity index (χ1n) is 4.85. The zero-order valence-electron chi connectivity index (χ0n) is 9.34. The van der Waals surface area contributed by atoms with Crippen molar-refractivity contribution in [3.8, 4) is 0 Å². The van der Waals surface area contributed by atoms with E-state index in [0.717, 1.165) is 6.07 Å². The number of amides is 1. The Morgan fingerprint density at radius 2 is 2.44 bits per heavy atom. The molecule has 0 unspecified atom stereocenters. The summed E-state index contributed by atoms with van der Waals surface area (Å²) >= 11 is 2.70. The van der Waals surface area contributed by atoms with Crippen LogP contribution in [0.25, 0.3) is 0 Å². The number of rotatable bonds is 4. The zero-order chi connectivity index (χ0) is 13.0. The van der Waals surface area contributed by atoms with E-state index in [1.54, 1.807) is 0 Å². The number of anilines is 1. The van der Waals surface area contributed by atoms with E-state index >= 15 is 0 Å². The third-order valence-electron chi connectivity index (χ3n) is 1.88. The van der Waals surface area contributed by atoms with Crippen LogP contribution < -0.4 is 10.9 Å². The van der Waals surface area contributed by atoms with Gasteiger partial charge in [-0.15, -0.1) is 10.2 Å². The van der Waals surface area contributed by atoms with Crippen LogP contribution in [0.2, 0.25) is 0 Å². The van der Waals surface area contributed by atoms with Gasteiger partial charge in [0, 0.05) is 6.07 Å². The third-order valence-corrected chi connectivity index (χ3v) is 3.05. The van der Waals surface area contributed by atoms with Gasteiger partial charge in [-0.25, -0.2) is 4.98 Å². The van der Waals surface area contributed by atoms with Gasteiger partial charge in [0.2, 0.25) is 5.13 Å². The average molecular weight is 283 g/mol. The maximum Gasteiger partial charge on any atom is 0.276 e. The Balaban J connectivity index is 2.21. The number of H-pyrrole nitrogens is 1. The van der Waals surface area contributed by atoms with Gasteiger partial charge >= 0.3 is 0 Å². The number of aromatic amines is 1. The summed E-state index contributed by atoms with van der Waals surface area (Å²) in [6, 6.07) is 1.15. The van der Waals surface area contributed by atoms with Crippen molar-refractivity contribution in [3.05, 3.63) is 33.4 Å². The van der Waals surface area contributed by atoms with Gasteiger partial charge in [-0.05, 0) is 6.26 Å². The first-order valence-corrected chi connectivity index (χ1v) is 7.13. The minimum Gasteiger partial charge on any atom is -0.310 e. The van der Waals surface area contributed by atoms with Crippen molar-refractivity contribution in [2.45, 2.75) is 5.75 Å². The molecule has 0 saturated carbocycles. The predicted octanol–water partition coefficient (Wildman–Crippen LogP) is 0.737. The van der Waals surface area contributed by atoms with Crippen molar-refractivity contribution in [3.63, 3.8) is 0 Å². The fourth-order valence-corrected chi connectivity index (χ4v) is 2.07. The van der Waals surface area contributed by atoms with Crippen LogP contribution in [0.4, 0.5) is 5.13 Å². The van der Waals surface area contributed by atoms with Crippen molar-refractivity contribution in [1.29, 1.82) is 0 Å². The fraction of sp³-hybridized carbons (Fsp3) is 0.222. The highest BCUT2D eigenvalue weighted by atomic mass is 32.2. The van der Waals surface area contributed by atoms with E-state index < -0.39 is 5.91 Å². The van der Waals surface area contributed by atoms with Gasteiger partial charge in [0.15, 0.2) is 0 Å². The van der Waals surface area contributed by atoms with E-state index in [1.807, 2.05) is 6.26 Å². The third kappa shape index (κ3) is 3.14. The Hall–Kier alpha value is -1.74. The van der Waals surface area contributed by atoms with Crippen LogP contribution in [-0.2, 0) is 5.75 Å². The molecule has 2 heterocycles. The molecule has 0 bridgehead atoms. The molecule has 0 atom stereocenters. The van der Waals surface area contributed by atoms with Gasteiger partial charge in [-0.3, -0.25) is 14.9 Å². The number of aromatic nitrogens is 4. The summed E-state index contributed by atoms with van der Waals surface area (Å²) in [5.74, 6) is 0.535. The molecular formula is C9H9N5O2S2. The molecule has 0 aliphatic heterocycles. The zero-order valence-corrected chi connectivity index (χ0v) is 11.0. The summed E-state index contributed by atoms with van der Waals surface area (Å²) in [6.45, 7) is 0. The van der Waals surface area contributed by atoms with Crippen LogP contribution in [0, 0.1) is 0 Å². The normalized spacial score (nSPS) is 10.3. The molecule has 2 N–H and O–H groups in total. The fourth-order valence-electron chi connectivity index (χ4n) is 1.22. The molecule has 0 aromatic carbocycles. The summed E-state index contributed by atoms with van der Waals surface area (Å²) in [4.78, 5) is 29.9. The monoisotopic (exact) mass is 283 g/mol. The SMILES string of the molecule is CSCc1nc(C(=O)Nc2nncs2)cc(=O)[nH]1. The van der Waals surface area contributed by atoms with Crippen LogP contribution in [0.5, 0.6) is 0 Å². The van der Waals surface area contributed by atoms with Crippen molar-refractivity contribution in [2.24, 2.45) is 0 Å². The lowest BCUT2D eigenvalue weighted by Gasteiger charge is -2.02. The standard InChI is InChI=1S/C9H9N5O2S2/c1-17-3-6-11-5(2-7(15)12-6)8(16)13-9-14-10-4-18-9/h2,4H,3H2,1H3,(H,11,12,15)(H,13,14,16). The van der Waals surface area contributed by atoms with E-state index in [1.165, 1.54) is 28.6 Å². The molecule has 0 saturated heterocycles. The lowest BCUT2D eigenvalue weighted by Crippen LogP contribution is -2.20. The van der Waals surface area contributed by atoms with Gasteiger partial charge in [0.25, 0.3) is 11.5 Å². The molecule has 9 heteroatoms. The Morgan fingerprint density at radius 1 is 1.61 bits per heavy atom. The molecule has 1 amide bonds. The average Bonchev–Trinajstić information content (AvgIpc) is 2.81. The van der Waals surface area contributed by atoms with E-state index in [2.05, 4.69) is 25.5 Å². The summed E-state index contributed by atoms with van der Waals surface area (Å²) in [5.41, 5.74) is 1.22. The van der Waals surface area contributed by atoms with Crippen LogP contribution in [0.1, 0.15) is 16.3 Å². The molecule has 0 spiro atoms. The highest BCUT2D eigenvalue weighted by molar-refractivity contribution is 7.97. The van der Waals surface area contributed by atoms with Crippen molar-refractivity contribution in [1.82, 2.24) is 20.2 Å². The Kier molecular flexibility index (Phi) is 4.05. The molecule has 0 aliphatic carbocycles. The number of carbonyl (C=O) groups is 1. The first kappa shape index (κ1) is 12.7. The Morgan fingerprint density at radius 3 is 3.11 bits per heavy atom. The maximum absolute atomic E-state index is 11.8. The minimum atomic E-state index is -0.472. The molecule has 7 nitrogen and oxygen atoms in total. The van der Waals surface area contributed by atoms with Crippen LogP contribution in [0.15, 0.2) is 16.4 Å². The molecule has 94 valence electrons. The van der Waals surface area contributed by atoms with E-state index in [9.17, 15) is 9.59 Å². The van der Waals surface area contributed by atoms with Gasteiger partial charge in [0.05, 0.1) is 5.75 Å². The second-order valence-corrected chi connectivity index (χ2v) is 4.91. The molecule has 2 rings (SSSR count). The van der Waals surface area contributed by atoms with Crippen molar-refractivity contribution < 1.29 is 4.79 Å². The first-order chi connectivity index (χ1) is 8.69. The van der Waals surface area contributed by atoms with Crippen LogP contribution in [0.3, 0.4) is 0 Å². The summed E-state index contributed by atoms with van der Waals surface area (Å²) in [7, 11) is 0. The lowest BCUT2D eigenvalue weighted by atomic mass is 10.4. The number of carbonyl (C=O) groups excluding carboxylic acids is 1. The maximum atomic E-state index is 11.8. The molecular weight excluding hydrogens is 274 g/mol. The second kappa shape index (κ2) is 5.74. The number of thioether (sulfide) groups is 1. The number of hydrogen-bond acceptors (Lipinski definition) is 7. The number of hydrogen-bond donors (Lipinski definition) is 2. The number of nitrogens with zero attached hydrogens (tertiary/aromatic N) is 3. The molecule has 18 heavy (non-hydrogen) atoms. The molecule has 0 aliphatic rings. The van der Waals surface area contributed by atoms with Gasteiger partial charge < -0.3 is 4.98 Å². The van der Waals surface area contributed by atoms with Crippen LogP contribution in [-0.4, -0.2) is 32.3 Å². The number of nitrogens with one attached hydrogen (secondary N) is 2. The summed E-state index contributed by atoms with van der Waals surface area (Å²) in [6.07, 6.45) is 1.88. The van der Waals surface area contributed by atoms with Gasteiger partial charge in [-0.2, -0.15) is 11.8 Å². The van der Waals surface area contributed by atoms with Crippen LogP contribution >= 0.6 is 23.1 Å². The lowest BCUT2D eigenvalue weighted by molar-refractivity contribution is 0.102. The van der Waals surface area contributed by atoms with E-state index in [4.69, 9.17) is 0 Å². The molecule has 0 radical (unpaired) electrons. The van der Waals surface area contributed by atoms with Crippen molar-refractivity contribution in [2.75, 3.05) is 11.6 Å². The summed E-state index contributed by atoms with van der Waals surface area (Å²) < 4.78 is 0. The smallest absolute Gasteiger partial charge is 0.276 e. The minimum absolute atomic E-state index is 0.0676. The topological polar surface area (TPSA) is 101 Å². The molecule has 2 aromatic heterocycles. The van der Waals surface area contributed by atoms with E-state index in [-0.39, 0.29) is 11.3 Å². The molecule has 0 fully saturated rings. The largest absolute Gasteiger partial charge is 0.310 e. The highest BCUT2D eigenvalue weighted by Crippen LogP contribution is 2.09. The second-order valence-electron chi connectivity index (χ2n) is 3.21.